The Morgan fingerprint density at radius 1 is 1.35 bits per heavy atom. The molecule has 1 aromatic carbocycles. The maximum atomic E-state index is 13.4. The molecule has 0 saturated carbocycles. The number of carbonyl (C=O) groups excluding carboxylic acids is 2. The topological polar surface area (TPSA) is 79.3 Å². The monoisotopic (exact) mass is 448 g/mol. The van der Waals surface area contributed by atoms with Gasteiger partial charge in [-0.15, -0.1) is 0 Å². The van der Waals surface area contributed by atoms with Crippen LogP contribution in [0, 0.1) is 5.82 Å². The molecule has 0 radical (unpaired) electrons. The third-order valence-corrected chi connectivity index (χ3v) is 5.84. The highest BCUT2D eigenvalue weighted by Gasteiger charge is 2.47. The van der Waals surface area contributed by atoms with Gasteiger partial charge in [-0.2, -0.15) is 13.2 Å². The van der Waals surface area contributed by atoms with Crippen LogP contribution in [0.3, 0.4) is 0 Å². The summed E-state index contributed by atoms with van der Waals surface area (Å²) in [6.45, 7) is -0.821. The first kappa shape index (κ1) is 23.3. The number of hydrogen-bond donors (Lipinski definition) is 1. The largest absolute Gasteiger partial charge is 0.434 e. The molecular formula is C20H24F4N2O5. The first-order chi connectivity index (χ1) is 14.5. The minimum atomic E-state index is -4.85. The fourth-order valence-electron chi connectivity index (χ4n) is 3.91. The molecule has 2 atom stereocenters. The summed E-state index contributed by atoms with van der Waals surface area (Å²) in [5, 5.41) is 8.81. The van der Waals surface area contributed by atoms with Crippen LogP contribution in [-0.4, -0.2) is 84.2 Å². The van der Waals surface area contributed by atoms with E-state index >= 15 is 0 Å². The van der Waals surface area contributed by atoms with Gasteiger partial charge in [0, 0.05) is 25.7 Å². The molecule has 0 unspecified atom stereocenters. The summed E-state index contributed by atoms with van der Waals surface area (Å²) in [5.74, 6) is -0.847. The normalized spacial score (nSPS) is 21.7. The molecular weight excluding hydrogens is 424 g/mol. The second kappa shape index (κ2) is 8.99. The number of carbonyl (C=O) groups is 2. The van der Waals surface area contributed by atoms with Crippen molar-refractivity contribution < 1.29 is 41.7 Å². The van der Waals surface area contributed by atoms with E-state index in [9.17, 15) is 27.2 Å². The lowest BCUT2D eigenvalue weighted by Crippen LogP contribution is -2.49. The van der Waals surface area contributed by atoms with Gasteiger partial charge in [-0.3, -0.25) is 4.79 Å². The zero-order valence-corrected chi connectivity index (χ0v) is 16.9. The van der Waals surface area contributed by atoms with Crippen LogP contribution in [0.4, 0.5) is 22.4 Å². The summed E-state index contributed by atoms with van der Waals surface area (Å²) >= 11 is 0. The van der Waals surface area contributed by atoms with Crippen molar-refractivity contribution in [2.45, 2.75) is 43.2 Å². The van der Waals surface area contributed by atoms with Gasteiger partial charge in [0.15, 0.2) is 0 Å². The molecule has 2 amide bonds. The second-order valence-corrected chi connectivity index (χ2v) is 7.86. The lowest BCUT2D eigenvalue weighted by atomic mass is 9.87. The maximum absolute atomic E-state index is 13.4. The van der Waals surface area contributed by atoms with Gasteiger partial charge in [-0.05, 0) is 37.5 Å². The van der Waals surface area contributed by atoms with Crippen molar-refractivity contribution in [2.75, 3.05) is 33.4 Å². The fraction of sp³-hybridized carbons (Fsp3) is 0.600. The Hall–Kier alpha value is -2.40. The number of nitrogens with zero attached hydrogens (tertiary/aromatic N) is 2. The maximum Gasteiger partial charge on any atom is 0.427 e. The molecule has 2 saturated heterocycles. The SMILES string of the molecule is CN(C(=O)c1cccc(F)c1)[C@H]1COC2(CCN(C(=O)O[C@H](CO)C(F)(F)F)CC2)C1. The number of hydrogen-bond acceptors (Lipinski definition) is 5. The molecule has 2 aliphatic heterocycles. The van der Waals surface area contributed by atoms with E-state index in [1.165, 1.54) is 23.1 Å². The van der Waals surface area contributed by atoms with Crippen molar-refractivity contribution in [1.29, 1.82) is 0 Å². The average Bonchev–Trinajstić information content (AvgIpc) is 3.13. The summed E-state index contributed by atoms with van der Waals surface area (Å²) < 4.78 is 61.8. The molecule has 0 aromatic heterocycles. The molecule has 2 aliphatic rings. The Morgan fingerprint density at radius 3 is 2.61 bits per heavy atom. The van der Waals surface area contributed by atoms with E-state index in [-0.39, 0.29) is 37.2 Å². The van der Waals surface area contributed by atoms with Gasteiger partial charge in [0.05, 0.1) is 24.9 Å². The highest BCUT2D eigenvalue weighted by atomic mass is 19.4. The number of alkyl halides is 3. The summed E-state index contributed by atoms with van der Waals surface area (Å²) in [4.78, 5) is 27.3. The predicted molar refractivity (Wildman–Crippen MR) is 99.8 cm³/mol. The van der Waals surface area contributed by atoms with Gasteiger partial charge in [-0.1, -0.05) is 6.07 Å². The van der Waals surface area contributed by atoms with Gasteiger partial charge >= 0.3 is 12.3 Å². The van der Waals surface area contributed by atoms with Crippen molar-refractivity contribution >= 4 is 12.0 Å². The van der Waals surface area contributed by atoms with Gasteiger partial charge in [0.1, 0.15) is 5.82 Å². The summed E-state index contributed by atoms with van der Waals surface area (Å²) in [5.41, 5.74) is -0.373. The first-order valence-electron chi connectivity index (χ1n) is 9.84. The minimum absolute atomic E-state index is 0.128. The van der Waals surface area contributed by atoms with Gasteiger partial charge in [0.25, 0.3) is 5.91 Å². The van der Waals surface area contributed by atoms with Crippen molar-refractivity contribution in [3.63, 3.8) is 0 Å². The zero-order valence-electron chi connectivity index (χ0n) is 16.9. The van der Waals surface area contributed by atoms with E-state index in [2.05, 4.69) is 4.74 Å². The molecule has 0 bridgehead atoms. The number of benzene rings is 1. The number of likely N-dealkylation sites (tertiary alicyclic amines) is 1. The molecule has 7 nitrogen and oxygen atoms in total. The van der Waals surface area contributed by atoms with E-state index < -0.39 is 36.4 Å². The summed E-state index contributed by atoms with van der Waals surface area (Å²) in [7, 11) is 1.61. The van der Waals surface area contributed by atoms with Crippen LogP contribution in [0.15, 0.2) is 24.3 Å². The van der Waals surface area contributed by atoms with Gasteiger partial charge in [0.2, 0.25) is 6.10 Å². The van der Waals surface area contributed by atoms with E-state index in [1.54, 1.807) is 7.05 Å². The zero-order chi connectivity index (χ0) is 22.8. The number of piperidine rings is 1. The third kappa shape index (κ3) is 5.27. The van der Waals surface area contributed by atoms with Crippen LogP contribution in [0.25, 0.3) is 0 Å². The Bertz CT molecular complexity index is 811. The van der Waals surface area contributed by atoms with E-state index in [1.807, 2.05) is 0 Å². The number of ether oxygens (including phenoxy) is 2. The number of aliphatic hydroxyl groups is 1. The standard InChI is InChI=1S/C20H24F4N2O5/c1-25(17(28)13-3-2-4-14(21)9-13)15-10-19(30-12-15)5-7-26(8-6-19)18(29)31-16(11-27)20(22,23)24/h2-4,9,15-16,27H,5-8,10-12H2,1H3/t15-,16-/m1/s1. The molecule has 1 spiro atoms. The molecule has 1 aromatic rings. The fourth-order valence-corrected chi connectivity index (χ4v) is 3.91. The number of aliphatic hydroxyl groups excluding tert-OH is 1. The number of rotatable bonds is 4. The molecule has 172 valence electrons. The quantitative estimate of drug-likeness (QED) is 0.717. The Kier molecular flexibility index (Phi) is 6.75. The Labute approximate surface area is 176 Å². The van der Waals surface area contributed by atoms with Crippen molar-refractivity contribution in [2.24, 2.45) is 0 Å². The number of amides is 2. The van der Waals surface area contributed by atoms with Crippen molar-refractivity contribution in [1.82, 2.24) is 9.80 Å². The Morgan fingerprint density at radius 2 is 2.03 bits per heavy atom. The number of likely N-dealkylation sites (N-methyl/N-ethyl adjacent to an activating group) is 1. The third-order valence-electron chi connectivity index (χ3n) is 5.84. The average molecular weight is 448 g/mol. The lowest BCUT2D eigenvalue weighted by molar-refractivity contribution is -0.215. The summed E-state index contributed by atoms with van der Waals surface area (Å²) in [6.07, 6.45) is -7.31. The van der Waals surface area contributed by atoms with Crippen LogP contribution < -0.4 is 0 Å². The van der Waals surface area contributed by atoms with E-state index in [0.717, 1.165) is 11.0 Å². The van der Waals surface area contributed by atoms with Crippen molar-refractivity contribution in [3.8, 4) is 0 Å². The summed E-state index contributed by atoms with van der Waals surface area (Å²) in [6, 6.07) is 5.14. The van der Waals surface area contributed by atoms with Crippen LogP contribution in [-0.2, 0) is 9.47 Å². The molecule has 2 heterocycles. The molecule has 11 heteroatoms. The molecule has 1 N–H and O–H groups in total. The minimum Gasteiger partial charge on any atom is -0.434 e. The van der Waals surface area contributed by atoms with Crippen LogP contribution in [0.1, 0.15) is 29.6 Å². The lowest BCUT2D eigenvalue weighted by Gasteiger charge is -2.38. The smallest absolute Gasteiger partial charge is 0.427 e. The highest BCUT2D eigenvalue weighted by Crippen LogP contribution is 2.38. The molecule has 2 fully saturated rings. The predicted octanol–water partition coefficient (Wildman–Crippen LogP) is 2.58. The van der Waals surface area contributed by atoms with E-state index in [0.29, 0.717) is 19.3 Å². The van der Waals surface area contributed by atoms with Gasteiger partial charge < -0.3 is 24.4 Å². The van der Waals surface area contributed by atoms with Crippen LogP contribution >= 0.6 is 0 Å². The van der Waals surface area contributed by atoms with E-state index in [4.69, 9.17) is 9.84 Å². The van der Waals surface area contributed by atoms with Crippen molar-refractivity contribution in [3.05, 3.63) is 35.6 Å². The van der Waals surface area contributed by atoms with Crippen LogP contribution in [0.5, 0.6) is 0 Å². The van der Waals surface area contributed by atoms with Crippen LogP contribution in [0.2, 0.25) is 0 Å². The van der Waals surface area contributed by atoms with Gasteiger partial charge in [-0.25, -0.2) is 9.18 Å². The highest BCUT2D eigenvalue weighted by molar-refractivity contribution is 5.94. The Balaban J connectivity index is 1.54. The molecule has 0 aliphatic carbocycles. The second-order valence-electron chi connectivity index (χ2n) is 7.86. The first-order valence-corrected chi connectivity index (χ1v) is 9.84. The molecule has 3 rings (SSSR count). The number of halogens is 4. The molecule has 31 heavy (non-hydrogen) atoms.